The molecule has 0 aromatic carbocycles. The Kier molecular flexibility index (Phi) is 6.43. The van der Waals surface area contributed by atoms with E-state index in [1.54, 1.807) is 10.7 Å². The summed E-state index contributed by atoms with van der Waals surface area (Å²) in [5, 5.41) is 10.9. The van der Waals surface area contributed by atoms with Gasteiger partial charge in [0.05, 0.1) is 11.9 Å². The van der Waals surface area contributed by atoms with Gasteiger partial charge in [-0.25, -0.2) is 32.7 Å². The van der Waals surface area contributed by atoms with Gasteiger partial charge in [0.25, 0.3) is 0 Å². The van der Waals surface area contributed by atoms with Crippen molar-refractivity contribution in [1.29, 1.82) is 0 Å². The molecular formula is C22H29N7O4S. The van der Waals surface area contributed by atoms with Crippen molar-refractivity contribution < 1.29 is 17.9 Å². The highest BCUT2D eigenvalue weighted by atomic mass is 32.2. The molecule has 34 heavy (non-hydrogen) atoms. The van der Waals surface area contributed by atoms with Crippen molar-refractivity contribution >= 4 is 27.4 Å². The van der Waals surface area contributed by atoms with Crippen molar-refractivity contribution in [3.05, 3.63) is 30.7 Å². The van der Waals surface area contributed by atoms with Gasteiger partial charge in [-0.3, -0.25) is 0 Å². The molecule has 2 N–H and O–H groups in total. The van der Waals surface area contributed by atoms with Gasteiger partial charge >= 0.3 is 6.09 Å². The molecule has 1 aliphatic carbocycles. The minimum absolute atomic E-state index is 0.0958. The summed E-state index contributed by atoms with van der Waals surface area (Å²) in [4.78, 5) is 24.3. The molecule has 0 aliphatic heterocycles. The zero-order chi connectivity index (χ0) is 24.5. The monoisotopic (exact) mass is 487 g/mol. The number of carbonyl (C=O) groups excluding carboxylic acids is 1. The molecule has 12 heteroatoms. The number of nitrogens with one attached hydrogen (secondary N) is 2. The molecule has 0 atom stereocenters. The Morgan fingerprint density at radius 1 is 1.03 bits per heavy atom. The number of nitrogens with zero attached hydrogens (tertiary/aromatic N) is 5. The van der Waals surface area contributed by atoms with Gasteiger partial charge in [-0.2, -0.15) is 0 Å². The van der Waals surface area contributed by atoms with Crippen molar-refractivity contribution in [1.82, 2.24) is 29.9 Å². The number of hydrogen-bond acceptors (Lipinski definition) is 9. The zero-order valence-corrected chi connectivity index (χ0v) is 20.5. The summed E-state index contributed by atoms with van der Waals surface area (Å²) in [5.41, 5.74) is 1.40. The molecule has 3 aromatic rings. The first-order valence-electron chi connectivity index (χ1n) is 11.1. The number of anilines is 1. The number of alkyl carbamates (subject to hydrolysis) is 1. The number of rotatable bonds is 5. The van der Waals surface area contributed by atoms with E-state index in [-0.39, 0.29) is 23.3 Å². The maximum Gasteiger partial charge on any atom is 0.407 e. The Morgan fingerprint density at radius 3 is 2.29 bits per heavy atom. The lowest BCUT2D eigenvalue weighted by molar-refractivity contribution is 0.0492. The van der Waals surface area contributed by atoms with Crippen LogP contribution in [0.1, 0.15) is 46.5 Å². The summed E-state index contributed by atoms with van der Waals surface area (Å²) in [6.45, 7) is 5.54. The molecule has 4 rings (SSSR count). The number of carbonyl (C=O) groups is 1. The Labute approximate surface area is 198 Å². The second kappa shape index (κ2) is 9.16. The van der Waals surface area contributed by atoms with Crippen LogP contribution in [0.5, 0.6) is 0 Å². The van der Waals surface area contributed by atoms with E-state index in [0.717, 1.165) is 31.9 Å². The van der Waals surface area contributed by atoms with Gasteiger partial charge in [0, 0.05) is 36.3 Å². The number of amides is 1. The van der Waals surface area contributed by atoms with Crippen LogP contribution in [0.3, 0.4) is 0 Å². The average molecular weight is 488 g/mol. The van der Waals surface area contributed by atoms with Crippen LogP contribution in [-0.2, 0) is 14.6 Å². The minimum Gasteiger partial charge on any atom is -0.444 e. The Balaban J connectivity index is 1.41. The Bertz CT molecular complexity index is 1270. The summed E-state index contributed by atoms with van der Waals surface area (Å²) in [5.74, 6) is 0.698. The molecule has 1 amide bonds. The van der Waals surface area contributed by atoms with Gasteiger partial charge < -0.3 is 15.4 Å². The fraction of sp³-hybridized carbons (Fsp3) is 0.500. The molecule has 0 spiro atoms. The third-order valence-corrected chi connectivity index (χ3v) is 6.29. The van der Waals surface area contributed by atoms with E-state index in [2.05, 4.69) is 30.7 Å². The summed E-state index contributed by atoms with van der Waals surface area (Å²) >= 11 is 0. The fourth-order valence-electron chi connectivity index (χ4n) is 3.85. The molecule has 0 bridgehead atoms. The molecule has 1 fully saturated rings. The first kappa shape index (κ1) is 23.9. The quantitative estimate of drug-likeness (QED) is 0.520. The van der Waals surface area contributed by atoms with Gasteiger partial charge in [0.1, 0.15) is 11.4 Å². The van der Waals surface area contributed by atoms with Gasteiger partial charge in [0.15, 0.2) is 5.65 Å². The maximum absolute atomic E-state index is 12.0. The van der Waals surface area contributed by atoms with Crippen molar-refractivity contribution in [2.75, 3.05) is 11.6 Å². The Morgan fingerprint density at radius 2 is 1.68 bits per heavy atom. The highest BCUT2D eigenvalue weighted by Gasteiger charge is 2.25. The van der Waals surface area contributed by atoms with E-state index < -0.39 is 15.4 Å². The first-order valence-corrected chi connectivity index (χ1v) is 13.0. The minimum atomic E-state index is -3.47. The lowest BCUT2D eigenvalue weighted by Crippen LogP contribution is -2.42. The molecular weight excluding hydrogens is 458 g/mol. The third-order valence-electron chi connectivity index (χ3n) is 5.42. The lowest BCUT2D eigenvalue weighted by Gasteiger charge is -2.30. The SMILES string of the molecule is CC(C)(C)OC(=O)N[C@H]1CC[C@H](Nc2ccc3ncc(-c4cnc(S(C)(=O)=O)nc4)n3n2)CC1. The standard InChI is InChI=1S/C22H29N7O4S/c1-22(2,3)33-21(30)27-16-7-5-15(6-8-16)26-18-9-10-19-23-13-17(29(19)28-18)14-11-24-20(25-12-14)34(4,31)32/h9-13,15-16H,5-8H2,1-4H3,(H,26,28)(H,27,30)/t15-,16-. The van der Waals surface area contributed by atoms with Crippen molar-refractivity contribution in [3.8, 4) is 11.3 Å². The number of sulfone groups is 1. The van der Waals surface area contributed by atoms with Crippen molar-refractivity contribution in [3.63, 3.8) is 0 Å². The van der Waals surface area contributed by atoms with Crippen LogP contribution in [0.25, 0.3) is 16.9 Å². The summed E-state index contributed by atoms with van der Waals surface area (Å²) in [7, 11) is -3.47. The number of imidazole rings is 1. The number of fused-ring (bicyclic) bond motifs is 1. The van der Waals surface area contributed by atoms with Crippen LogP contribution < -0.4 is 10.6 Å². The van der Waals surface area contributed by atoms with Crippen LogP contribution >= 0.6 is 0 Å². The van der Waals surface area contributed by atoms with Crippen molar-refractivity contribution in [2.45, 2.75) is 69.3 Å². The largest absolute Gasteiger partial charge is 0.444 e. The molecule has 0 unspecified atom stereocenters. The molecule has 0 radical (unpaired) electrons. The predicted molar refractivity (Wildman–Crippen MR) is 126 cm³/mol. The van der Waals surface area contributed by atoms with Crippen LogP contribution in [-0.4, -0.2) is 63.0 Å². The molecule has 182 valence electrons. The van der Waals surface area contributed by atoms with Crippen molar-refractivity contribution in [2.24, 2.45) is 0 Å². The number of hydrogen-bond donors (Lipinski definition) is 2. The van der Waals surface area contributed by atoms with Gasteiger partial charge in [-0.15, -0.1) is 5.10 Å². The van der Waals surface area contributed by atoms with Gasteiger partial charge in [-0.05, 0) is 58.6 Å². The van der Waals surface area contributed by atoms with E-state index in [1.807, 2.05) is 32.9 Å². The highest BCUT2D eigenvalue weighted by Crippen LogP contribution is 2.24. The lowest BCUT2D eigenvalue weighted by atomic mass is 9.91. The second-order valence-electron chi connectivity index (χ2n) is 9.50. The highest BCUT2D eigenvalue weighted by molar-refractivity contribution is 7.90. The zero-order valence-electron chi connectivity index (χ0n) is 19.6. The summed E-state index contributed by atoms with van der Waals surface area (Å²) in [6.07, 6.45) is 8.71. The maximum atomic E-state index is 12.0. The second-order valence-corrected chi connectivity index (χ2v) is 11.4. The summed E-state index contributed by atoms with van der Waals surface area (Å²) < 4.78 is 30.3. The van der Waals surface area contributed by atoms with Crippen LogP contribution in [0.4, 0.5) is 10.6 Å². The van der Waals surface area contributed by atoms with Crippen LogP contribution in [0, 0.1) is 0 Å². The van der Waals surface area contributed by atoms with E-state index in [9.17, 15) is 13.2 Å². The smallest absolute Gasteiger partial charge is 0.407 e. The predicted octanol–water partition coefficient (Wildman–Crippen LogP) is 2.84. The number of ether oxygens (including phenoxy) is 1. The topological polar surface area (TPSA) is 140 Å². The van der Waals surface area contributed by atoms with E-state index in [0.29, 0.717) is 22.7 Å². The molecule has 0 saturated heterocycles. The fourth-order valence-corrected chi connectivity index (χ4v) is 4.34. The Hall–Kier alpha value is -3.28. The normalized spacial score (nSPS) is 19.1. The van der Waals surface area contributed by atoms with Gasteiger partial charge in [0.2, 0.25) is 15.0 Å². The third kappa shape index (κ3) is 5.79. The van der Waals surface area contributed by atoms with E-state index in [4.69, 9.17) is 4.74 Å². The summed E-state index contributed by atoms with van der Waals surface area (Å²) in [6, 6.07) is 4.06. The van der Waals surface area contributed by atoms with Gasteiger partial charge in [-0.1, -0.05) is 0 Å². The number of aromatic nitrogens is 5. The first-order chi connectivity index (χ1) is 16.0. The van der Waals surface area contributed by atoms with Crippen LogP contribution in [0.15, 0.2) is 35.9 Å². The molecule has 1 aliphatic rings. The molecule has 1 saturated carbocycles. The van der Waals surface area contributed by atoms with E-state index >= 15 is 0 Å². The molecule has 3 aromatic heterocycles. The average Bonchev–Trinajstić information content (AvgIpc) is 3.16. The molecule has 11 nitrogen and oxygen atoms in total. The van der Waals surface area contributed by atoms with E-state index in [1.165, 1.54) is 12.4 Å². The van der Waals surface area contributed by atoms with Crippen LogP contribution in [0.2, 0.25) is 0 Å². The molecule has 3 heterocycles.